The van der Waals surface area contributed by atoms with E-state index in [2.05, 4.69) is 63.0 Å². The van der Waals surface area contributed by atoms with E-state index in [4.69, 9.17) is 4.42 Å². The second-order valence-corrected chi connectivity index (χ2v) is 5.06. The molecule has 0 radical (unpaired) electrons. The van der Waals surface area contributed by atoms with Gasteiger partial charge in [0.25, 0.3) is 0 Å². The number of rotatable bonds is 2. The van der Waals surface area contributed by atoms with E-state index in [0.717, 1.165) is 10.2 Å². The molecule has 1 nitrogen and oxygen atoms in total. The monoisotopic (exact) mass is 328 g/mol. The smallest absolute Gasteiger partial charge is 0.173 e. The standard InChI is InChI=1S/C12H10Br2O/c1-8-2-4-9(5-3-8)11(13)10-6-7-15-12(10)14/h2-7,11H,1H3. The molecule has 0 aliphatic rings. The van der Waals surface area contributed by atoms with Gasteiger partial charge >= 0.3 is 0 Å². The van der Waals surface area contributed by atoms with Gasteiger partial charge in [-0.15, -0.1) is 0 Å². The van der Waals surface area contributed by atoms with Crippen molar-refractivity contribution in [1.29, 1.82) is 0 Å². The third-order valence-corrected chi connectivity index (χ3v) is 3.96. The van der Waals surface area contributed by atoms with Crippen LogP contribution in [0.5, 0.6) is 0 Å². The average Bonchev–Trinajstić information content (AvgIpc) is 2.65. The Morgan fingerprint density at radius 1 is 1.13 bits per heavy atom. The Balaban J connectivity index is 2.32. The van der Waals surface area contributed by atoms with Crippen molar-refractivity contribution in [2.75, 3.05) is 0 Å². The minimum Gasteiger partial charge on any atom is -0.457 e. The van der Waals surface area contributed by atoms with Gasteiger partial charge in [-0.25, -0.2) is 0 Å². The predicted octanol–water partition coefficient (Wildman–Crippen LogP) is 4.83. The summed E-state index contributed by atoms with van der Waals surface area (Å²) in [5.74, 6) is 0. The molecule has 0 aliphatic heterocycles. The van der Waals surface area contributed by atoms with E-state index in [0.29, 0.717) is 0 Å². The van der Waals surface area contributed by atoms with Gasteiger partial charge in [0.05, 0.1) is 11.1 Å². The van der Waals surface area contributed by atoms with Gasteiger partial charge in [-0.1, -0.05) is 45.8 Å². The summed E-state index contributed by atoms with van der Waals surface area (Å²) in [5.41, 5.74) is 3.60. The zero-order valence-corrected chi connectivity index (χ0v) is 11.4. The van der Waals surface area contributed by atoms with Crippen LogP contribution in [-0.4, -0.2) is 0 Å². The molecule has 2 rings (SSSR count). The van der Waals surface area contributed by atoms with Crippen LogP contribution in [0.2, 0.25) is 0 Å². The van der Waals surface area contributed by atoms with E-state index in [-0.39, 0.29) is 4.83 Å². The molecule has 1 unspecified atom stereocenters. The molecule has 1 atom stereocenters. The van der Waals surface area contributed by atoms with Crippen LogP contribution < -0.4 is 0 Å². The van der Waals surface area contributed by atoms with E-state index in [1.54, 1.807) is 6.26 Å². The molecule has 0 saturated carbocycles. The van der Waals surface area contributed by atoms with Crippen LogP contribution in [0.4, 0.5) is 0 Å². The maximum absolute atomic E-state index is 5.22. The first-order chi connectivity index (χ1) is 7.18. The van der Waals surface area contributed by atoms with Crippen LogP contribution in [0, 0.1) is 6.92 Å². The molecule has 0 aliphatic carbocycles. The second-order valence-electron chi connectivity index (χ2n) is 3.42. The molecule has 0 N–H and O–H groups in total. The first-order valence-electron chi connectivity index (χ1n) is 4.62. The predicted molar refractivity (Wildman–Crippen MR) is 68.4 cm³/mol. The number of alkyl halides is 1. The molecule has 0 amide bonds. The van der Waals surface area contributed by atoms with Crippen molar-refractivity contribution >= 4 is 31.9 Å². The molecule has 1 aromatic carbocycles. The lowest BCUT2D eigenvalue weighted by Crippen LogP contribution is -1.91. The second kappa shape index (κ2) is 4.54. The molecule has 78 valence electrons. The summed E-state index contributed by atoms with van der Waals surface area (Å²) in [7, 11) is 0. The molecule has 0 saturated heterocycles. The van der Waals surface area contributed by atoms with E-state index in [1.807, 2.05) is 6.07 Å². The highest BCUT2D eigenvalue weighted by Gasteiger charge is 2.15. The highest BCUT2D eigenvalue weighted by atomic mass is 79.9. The highest BCUT2D eigenvalue weighted by Crippen LogP contribution is 2.35. The van der Waals surface area contributed by atoms with Crippen molar-refractivity contribution < 1.29 is 4.42 Å². The molecule has 0 bridgehead atoms. The van der Waals surface area contributed by atoms with Crippen LogP contribution in [0.25, 0.3) is 0 Å². The number of hydrogen-bond acceptors (Lipinski definition) is 1. The Morgan fingerprint density at radius 2 is 1.80 bits per heavy atom. The minimum absolute atomic E-state index is 0.172. The summed E-state index contributed by atoms with van der Waals surface area (Å²) in [5, 5.41) is 0. The van der Waals surface area contributed by atoms with Crippen molar-refractivity contribution in [1.82, 2.24) is 0 Å². The van der Waals surface area contributed by atoms with E-state index in [1.165, 1.54) is 11.1 Å². The van der Waals surface area contributed by atoms with Crippen molar-refractivity contribution in [2.45, 2.75) is 11.8 Å². The van der Waals surface area contributed by atoms with Crippen LogP contribution in [0.1, 0.15) is 21.5 Å². The topological polar surface area (TPSA) is 13.1 Å². The largest absolute Gasteiger partial charge is 0.457 e. The van der Waals surface area contributed by atoms with Gasteiger partial charge in [0.2, 0.25) is 0 Å². The molecule has 15 heavy (non-hydrogen) atoms. The molecule has 1 heterocycles. The lowest BCUT2D eigenvalue weighted by molar-refractivity contribution is 0.537. The summed E-state index contributed by atoms with van der Waals surface area (Å²) in [6.07, 6.45) is 1.68. The molecule has 0 spiro atoms. The van der Waals surface area contributed by atoms with Crippen LogP contribution in [0.15, 0.2) is 45.7 Å². The third-order valence-electron chi connectivity index (χ3n) is 2.29. The molecule has 0 fully saturated rings. The van der Waals surface area contributed by atoms with Crippen molar-refractivity contribution in [3.63, 3.8) is 0 Å². The Labute approximate surface area is 106 Å². The minimum atomic E-state index is 0.172. The van der Waals surface area contributed by atoms with Crippen LogP contribution in [0.3, 0.4) is 0 Å². The number of hydrogen-bond donors (Lipinski definition) is 0. The van der Waals surface area contributed by atoms with Gasteiger partial charge in [0, 0.05) is 5.56 Å². The normalized spacial score (nSPS) is 12.7. The summed E-state index contributed by atoms with van der Waals surface area (Å²) in [6, 6.07) is 10.4. The Bertz CT molecular complexity index is 445. The number of furan rings is 1. The van der Waals surface area contributed by atoms with Gasteiger partial charge in [0.15, 0.2) is 4.67 Å². The summed E-state index contributed by atoms with van der Waals surface area (Å²) in [4.78, 5) is 0.172. The molecular formula is C12H10Br2O. The quantitative estimate of drug-likeness (QED) is 0.719. The maximum Gasteiger partial charge on any atom is 0.173 e. The number of benzene rings is 1. The van der Waals surface area contributed by atoms with E-state index >= 15 is 0 Å². The van der Waals surface area contributed by atoms with Crippen LogP contribution >= 0.6 is 31.9 Å². The van der Waals surface area contributed by atoms with Crippen LogP contribution in [-0.2, 0) is 0 Å². The Kier molecular flexibility index (Phi) is 3.32. The third kappa shape index (κ3) is 2.34. The lowest BCUT2D eigenvalue weighted by atomic mass is 10.1. The average molecular weight is 330 g/mol. The number of aryl methyl sites for hydroxylation is 1. The molecule has 2 aromatic rings. The molecule has 1 aromatic heterocycles. The fourth-order valence-corrected chi connectivity index (χ4v) is 2.84. The fraction of sp³-hybridized carbons (Fsp3) is 0.167. The fourth-order valence-electron chi connectivity index (χ4n) is 1.40. The van der Waals surface area contributed by atoms with Crippen molar-refractivity contribution in [3.8, 4) is 0 Å². The summed E-state index contributed by atoms with van der Waals surface area (Å²) < 4.78 is 6.00. The Morgan fingerprint density at radius 3 is 2.33 bits per heavy atom. The SMILES string of the molecule is Cc1ccc(C(Br)c2ccoc2Br)cc1. The lowest BCUT2D eigenvalue weighted by Gasteiger charge is -2.08. The van der Waals surface area contributed by atoms with Crippen molar-refractivity contribution in [3.05, 3.63) is 58.0 Å². The summed E-state index contributed by atoms with van der Waals surface area (Å²) in [6.45, 7) is 2.08. The Hall–Kier alpha value is -0.540. The van der Waals surface area contributed by atoms with Crippen molar-refractivity contribution in [2.24, 2.45) is 0 Å². The van der Waals surface area contributed by atoms with Gasteiger partial charge in [0.1, 0.15) is 0 Å². The van der Waals surface area contributed by atoms with E-state index in [9.17, 15) is 0 Å². The summed E-state index contributed by atoms with van der Waals surface area (Å²) >= 11 is 7.04. The zero-order valence-electron chi connectivity index (χ0n) is 8.21. The van der Waals surface area contributed by atoms with Gasteiger partial charge in [-0.3, -0.25) is 0 Å². The molecular weight excluding hydrogens is 320 g/mol. The first-order valence-corrected chi connectivity index (χ1v) is 6.33. The van der Waals surface area contributed by atoms with Gasteiger partial charge in [-0.2, -0.15) is 0 Å². The molecule has 3 heteroatoms. The first kappa shape index (κ1) is 11.0. The highest BCUT2D eigenvalue weighted by molar-refractivity contribution is 9.10. The number of halogens is 2. The van der Waals surface area contributed by atoms with Gasteiger partial charge in [-0.05, 0) is 34.5 Å². The van der Waals surface area contributed by atoms with Gasteiger partial charge < -0.3 is 4.42 Å². The zero-order chi connectivity index (χ0) is 10.8. The maximum atomic E-state index is 5.22. The van der Waals surface area contributed by atoms with E-state index < -0.39 is 0 Å².